The van der Waals surface area contributed by atoms with Crippen LogP contribution in [0.25, 0.3) is 0 Å². The molecule has 0 saturated heterocycles. The fourth-order valence-electron chi connectivity index (χ4n) is 1.25. The molecule has 0 bridgehead atoms. The van der Waals surface area contributed by atoms with Crippen LogP contribution >= 0.6 is 0 Å². The second-order valence-corrected chi connectivity index (χ2v) is 5.45. The van der Waals surface area contributed by atoms with E-state index in [2.05, 4.69) is 4.72 Å². The maximum atomic E-state index is 11.5. The van der Waals surface area contributed by atoms with Gasteiger partial charge in [-0.15, -0.1) is 0 Å². The van der Waals surface area contributed by atoms with Crippen LogP contribution in [-0.4, -0.2) is 20.4 Å². The molecule has 7 heteroatoms. The lowest BCUT2D eigenvalue weighted by molar-refractivity contribution is -0.384. The predicted molar refractivity (Wildman–Crippen MR) is 59.5 cm³/mol. The van der Waals surface area contributed by atoms with Crippen molar-refractivity contribution >= 4 is 15.7 Å². The van der Waals surface area contributed by atoms with E-state index >= 15 is 0 Å². The maximum Gasteiger partial charge on any atom is 0.269 e. The number of benzene rings is 1. The number of non-ortho nitro benzene ring substituents is 1. The van der Waals surface area contributed by atoms with E-state index in [9.17, 15) is 18.5 Å². The maximum absolute atomic E-state index is 11.5. The van der Waals surface area contributed by atoms with Crippen LogP contribution < -0.4 is 4.72 Å². The molecular formula is C9H12N2O4S. The summed E-state index contributed by atoms with van der Waals surface area (Å²) in [6.45, 7) is 1.48. The van der Waals surface area contributed by atoms with E-state index in [1.54, 1.807) is 6.07 Å². The van der Waals surface area contributed by atoms with Crippen molar-refractivity contribution in [1.82, 2.24) is 4.72 Å². The zero-order valence-corrected chi connectivity index (χ0v) is 9.69. The van der Waals surface area contributed by atoms with E-state index in [0.717, 1.165) is 0 Å². The third-order valence-electron chi connectivity index (χ3n) is 2.30. The Balaban J connectivity index is 3.15. The minimum absolute atomic E-state index is 0.115. The Morgan fingerprint density at radius 1 is 1.44 bits per heavy atom. The first-order valence-electron chi connectivity index (χ1n) is 4.55. The van der Waals surface area contributed by atoms with Gasteiger partial charge in [-0.3, -0.25) is 10.1 Å². The summed E-state index contributed by atoms with van der Waals surface area (Å²) in [5.41, 5.74) is 0.277. The lowest BCUT2D eigenvalue weighted by Gasteiger charge is -2.11. The molecule has 0 aliphatic rings. The van der Waals surface area contributed by atoms with Crippen molar-refractivity contribution in [3.63, 3.8) is 0 Å². The van der Waals surface area contributed by atoms with Crippen LogP contribution in [0.4, 0.5) is 5.69 Å². The molecule has 1 N–H and O–H groups in total. The summed E-state index contributed by atoms with van der Waals surface area (Å²) < 4.78 is 25.2. The number of nitro benzene ring substituents is 1. The summed E-state index contributed by atoms with van der Waals surface area (Å²) in [5, 5.41) is 9.71. The van der Waals surface area contributed by atoms with E-state index in [4.69, 9.17) is 0 Å². The number of hydrogen-bond donors (Lipinski definition) is 1. The molecule has 16 heavy (non-hydrogen) atoms. The summed E-state index contributed by atoms with van der Waals surface area (Å²) in [6, 6.07) is 5.60. The topological polar surface area (TPSA) is 89.3 Å². The molecule has 88 valence electrons. The van der Waals surface area contributed by atoms with Gasteiger partial charge in [-0.2, -0.15) is 0 Å². The number of nitro groups is 1. The molecular weight excluding hydrogens is 232 g/mol. The van der Waals surface area contributed by atoms with Crippen molar-refractivity contribution in [2.45, 2.75) is 12.2 Å². The van der Waals surface area contributed by atoms with Gasteiger partial charge >= 0.3 is 0 Å². The highest BCUT2D eigenvalue weighted by molar-refractivity contribution is 7.89. The molecule has 1 unspecified atom stereocenters. The molecule has 1 atom stereocenters. The highest BCUT2D eigenvalue weighted by atomic mass is 32.2. The third kappa shape index (κ3) is 2.56. The van der Waals surface area contributed by atoms with Gasteiger partial charge < -0.3 is 0 Å². The Labute approximate surface area is 93.5 Å². The summed E-state index contributed by atoms with van der Waals surface area (Å²) in [4.78, 5) is 9.98. The van der Waals surface area contributed by atoms with Gasteiger partial charge in [0, 0.05) is 12.1 Å². The Morgan fingerprint density at radius 3 is 2.56 bits per heavy atom. The lowest BCUT2D eigenvalue weighted by atomic mass is 10.1. The fourth-order valence-corrected chi connectivity index (χ4v) is 2.11. The zero-order valence-electron chi connectivity index (χ0n) is 8.88. The molecule has 0 aromatic heterocycles. The molecule has 0 amide bonds. The summed E-state index contributed by atoms with van der Waals surface area (Å²) in [5.74, 6) is 0. The molecule has 1 aromatic carbocycles. The van der Waals surface area contributed by atoms with Crippen LogP contribution in [0, 0.1) is 10.1 Å². The van der Waals surface area contributed by atoms with E-state index in [1.165, 1.54) is 32.2 Å². The molecule has 1 rings (SSSR count). The Hall–Kier alpha value is -1.47. The number of rotatable bonds is 4. The molecule has 0 saturated carbocycles. The van der Waals surface area contributed by atoms with Crippen LogP contribution in [0.5, 0.6) is 0 Å². The van der Waals surface area contributed by atoms with E-state index in [0.29, 0.717) is 5.56 Å². The van der Waals surface area contributed by atoms with E-state index < -0.39 is 20.2 Å². The van der Waals surface area contributed by atoms with E-state index in [1.807, 2.05) is 0 Å². The average molecular weight is 244 g/mol. The standard InChI is InChI=1S/C9H12N2O4S/c1-7(16(14,15)10-2)8-4-3-5-9(6-8)11(12)13/h3-7,10H,1-2H3. The SMILES string of the molecule is CNS(=O)(=O)C(C)c1cccc([N+](=O)[O-])c1. The quantitative estimate of drug-likeness (QED) is 0.636. The summed E-state index contributed by atoms with van der Waals surface area (Å²) in [7, 11) is -2.16. The first kappa shape index (κ1) is 12.6. The van der Waals surface area contributed by atoms with Crippen LogP contribution in [0.2, 0.25) is 0 Å². The summed E-state index contributed by atoms with van der Waals surface area (Å²) in [6.07, 6.45) is 0. The van der Waals surface area contributed by atoms with Crippen LogP contribution in [-0.2, 0) is 10.0 Å². The van der Waals surface area contributed by atoms with Crippen LogP contribution in [0.15, 0.2) is 24.3 Å². The Kier molecular flexibility index (Phi) is 3.61. The molecule has 1 aromatic rings. The second-order valence-electron chi connectivity index (χ2n) is 3.24. The van der Waals surface area contributed by atoms with Crippen molar-refractivity contribution in [2.24, 2.45) is 0 Å². The number of nitrogens with zero attached hydrogens (tertiary/aromatic N) is 1. The second kappa shape index (κ2) is 4.58. The minimum atomic E-state index is -3.47. The number of sulfonamides is 1. The smallest absolute Gasteiger partial charge is 0.258 e. The molecule has 0 aliphatic carbocycles. The highest BCUT2D eigenvalue weighted by Gasteiger charge is 2.22. The molecule has 0 fully saturated rings. The Bertz CT molecular complexity index is 498. The van der Waals surface area contributed by atoms with Gasteiger partial charge in [0.15, 0.2) is 0 Å². The predicted octanol–water partition coefficient (Wildman–Crippen LogP) is 1.20. The number of hydrogen-bond acceptors (Lipinski definition) is 4. The van der Waals surface area contributed by atoms with Crippen LogP contribution in [0.3, 0.4) is 0 Å². The number of nitrogens with one attached hydrogen (secondary N) is 1. The fraction of sp³-hybridized carbons (Fsp3) is 0.333. The van der Waals surface area contributed by atoms with Crippen molar-refractivity contribution in [2.75, 3.05) is 7.05 Å². The monoisotopic (exact) mass is 244 g/mol. The zero-order chi connectivity index (χ0) is 12.3. The lowest BCUT2D eigenvalue weighted by Crippen LogP contribution is -2.24. The van der Waals surface area contributed by atoms with Crippen molar-refractivity contribution in [3.05, 3.63) is 39.9 Å². The van der Waals surface area contributed by atoms with Crippen molar-refractivity contribution in [1.29, 1.82) is 0 Å². The van der Waals surface area contributed by atoms with Crippen molar-refractivity contribution in [3.8, 4) is 0 Å². The first-order valence-corrected chi connectivity index (χ1v) is 6.10. The average Bonchev–Trinajstić information content (AvgIpc) is 2.28. The van der Waals surface area contributed by atoms with E-state index in [-0.39, 0.29) is 5.69 Å². The minimum Gasteiger partial charge on any atom is -0.258 e. The summed E-state index contributed by atoms with van der Waals surface area (Å²) >= 11 is 0. The Morgan fingerprint density at radius 2 is 2.06 bits per heavy atom. The van der Waals surface area contributed by atoms with Gasteiger partial charge in [-0.1, -0.05) is 12.1 Å². The van der Waals surface area contributed by atoms with Gasteiger partial charge in [-0.25, -0.2) is 13.1 Å². The molecule has 0 spiro atoms. The normalized spacial score (nSPS) is 13.4. The molecule has 0 heterocycles. The van der Waals surface area contributed by atoms with Crippen LogP contribution in [0.1, 0.15) is 17.7 Å². The first-order chi connectivity index (χ1) is 7.38. The van der Waals surface area contributed by atoms with Gasteiger partial charge in [0.05, 0.1) is 10.2 Å². The highest BCUT2D eigenvalue weighted by Crippen LogP contribution is 2.24. The molecule has 6 nitrogen and oxygen atoms in total. The van der Waals surface area contributed by atoms with Gasteiger partial charge in [0.1, 0.15) is 0 Å². The largest absolute Gasteiger partial charge is 0.269 e. The van der Waals surface area contributed by atoms with Crippen molar-refractivity contribution < 1.29 is 13.3 Å². The van der Waals surface area contributed by atoms with Gasteiger partial charge in [0.25, 0.3) is 5.69 Å². The van der Waals surface area contributed by atoms with Gasteiger partial charge in [-0.05, 0) is 19.5 Å². The molecule has 0 aliphatic heterocycles. The molecule has 0 radical (unpaired) electrons. The third-order valence-corrected chi connectivity index (χ3v) is 4.07. The van der Waals surface area contributed by atoms with Gasteiger partial charge in [0.2, 0.25) is 10.0 Å².